The smallest absolute Gasteiger partial charge is 0.241 e. The predicted octanol–water partition coefficient (Wildman–Crippen LogP) is 2.22. The first kappa shape index (κ1) is 12.8. The molecule has 4 heteroatoms. The number of aryl methyl sites for hydroxylation is 1. The van der Waals surface area contributed by atoms with Gasteiger partial charge in [0.2, 0.25) is 11.8 Å². The molecule has 0 aliphatic carbocycles. The molecule has 4 atom stereocenters. The van der Waals surface area contributed by atoms with Crippen LogP contribution in [0.1, 0.15) is 19.4 Å². The summed E-state index contributed by atoms with van der Waals surface area (Å²) in [5.74, 6) is -1.13. The lowest BCUT2D eigenvalue weighted by molar-refractivity contribution is -0.128. The molecule has 3 aliphatic rings. The summed E-state index contributed by atoms with van der Waals surface area (Å²) in [6.45, 7) is 5.76. The van der Waals surface area contributed by atoms with E-state index in [1.807, 2.05) is 57.2 Å². The van der Waals surface area contributed by atoms with Gasteiger partial charge in [0, 0.05) is 0 Å². The maximum absolute atomic E-state index is 12.8. The average molecular weight is 283 g/mol. The minimum Gasteiger partial charge on any atom is -0.359 e. The number of carbonyl (C=O) groups excluding carboxylic acids is 2. The zero-order chi connectivity index (χ0) is 15.0. The third-order valence-corrected chi connectivity index (χ3v) is 5.02. The van der Waals surface area contributed by atoms with Crippen LogP contribution in [0.3, 0.4) is 0 Å². The molecule has 21 heavy (non-hydrogen) atoms. The van der Waals surface area contributed by atoms with Crippen molar-refractivity contribution in [3.63, 3.8) is 0 Å². The molecule has 0 aromatic heterocycles. The van der Waals surface area contributed by atoms with Gasteiger partial charge in [-0.3, -0.25) is 9.59 Å². The van der Waals surface area contributed by atoms with Gasteiger partial charge in [0.15, 0.2) is 0 Å². The summed E-state index contributed by atoms with van der Waals surface area (Å²) in [6.07, 6.45) is 3.86. The summed E-state index contributed by atoms with van der Waals surface area (Å²) in [5, 5.41) is 0. The van der Waals surface area contributed by atoms with Crippen LogP contribution in [0.2, 0.25) is 0 Å². The van der Waals surface area contributed by atoms with Gasteiger partial charge in [0.1, 0.15) is 0 Å². The second kappa shape index (κ2) is 3.63. The van der Waals surface area contributed by atoms with Gasteiger partial charge in [-0.25, -0.2) is 4.90 Å². The van der Waals surface area contributed by atoms with Gasteiger partial charge in [-0.2, -0.15) is 0 Å². The summed E-state index contributed by atoms with van der Waals surface area (Å²) in [5.41, 5.74) is 0.427. The van der Waals surface area contributed by atoms with Crippen LogP contribution < -0.4 is 4.90 Å². The van der Waals surface area contributed by atoms with Crippen LogP contribution in [-0.4, -0.2) is 23.0 Å². The molecular weight excluding hydrogens is 266 g/mol. The molecule has 1 aromatic carbocycles. The van der Waals surface area contributed by atoms with E-state index in [0.717, 1.165) is 5.56 Å². The van der Waals surface area contributed by atoms with Crippen LogP contribution in [0, 0.1) is 18.8 Å². The monoisotopic (exact) mass is 283 g/mol. The Bertz CT molecular complexity index is 656. The molecule has 2 saturated heterocycles. The van der Waals surface area contributed by atoms with Gasteiger partial charge in [-0.15, -0.1) is 0 Å². The number of amides is 2. The Balaban J connectivity index is 1.80. The number of anilines is 1. The molecule has 0 saturated carbocycles. The standard InChI is InChI=1S/C17H17NO3/c1-10-4-6-11(7-5-10)18-14(19)12-13(15(18)20)17(3)9-8-16(12,2)21-17/h4-9,12-13H,1-3H3/t12-,13+,16-,17-/m0/s1. The van der Waals surface area contributed by atoms with E-state index >= 15 is 0 Å². The number of nitrogens with zero attached hydrogens (tertiary/aromatic N) is 1. The van der Waals surface area contributed by atoms with Crippen molar-refractivity contribution in [1.82, 2.24) is 0 Å². The molecular formula is C17H17NO3. The summed E-state index contributed by atoms with van der Waals surface area (Å²) < 4.78 is 5.98. The molecule has 0 N–H and O–H groups in total. The molecule has 0 unspecified atom stereocenters. The minimum atomic E-state index is -0.661. The molecule has 3 heterocycles. The molecule has 2 fully saturated rings. The first-order valence-corrected chi connectivity index (χ1v) is 7.21. The summed E-state index contributed by atoms with van der Waals surface area (Å²) in [7, 11) is 0. The van der Waals surface area contributed by atoms with Crippen molar-refractivity contribution in [3.8, 4) is 0 Å². The van der Waals surface area contributed by atoms with E-state index in [0.29, 0.717) is 5.69 Å². The van der Waals surface area contributed by atoms with E-state index in [9.17, 15) is 9.59 Å². The number of hydrogen-bond donors (Lipinski definition) is 0. The van der Waals surface area contributed by atoms with Crippen molar-refractivity contribution in [3.05, 3.63) is 42.0 Å². The SMILES string of the molecule is Cc1ccc(N2C(=O)[C@@H]3[C@H](C2=O)[C@]2(C)C=C[C@]3(C)O2)cc1. The zero-order valence-corrected chi connectivity index (χ0v) is 12.3. The van der Waals surface area contributed by atoms with Gasteiger partial charge >= 0.3 is 0 Å². The van der Waals surface area contributed by atoms with Crippen molar-refractivity contribution in [1.29, 1.82) is 0 Å². The Kier molecular flexibility index (Phi) is 2.21. The van der Waals surface area contributed by atoms with Gasteiger partial charge in [-0.05, 0) is 32.9 Å². The maximum Gasteiger partial charge on any atom is 0.241 e. The molecule has 2 amide bonds. The molecule has 2 bridgehead atoms. The maximum atomic E-state index is 12.8. The number of ether oxygens (including phenoxy) is 1. The highest BCUT2D eigenvalue weighted by atomic mass is 16.5. The van der Waals surface area contributed by atoms with Gasteiger partial charge in [0.25, 0.3) is 0 Å². The average Bonchev–Trinajstić information content (AvgIpc) is 2.97. The number of hydrogen-bond acceptors (Lipinski definition) is 3. The molecule has 3 aliphatic heterocycles. The first-order valence-electron chi connectivity index (χ1n) is 7.21. The minimum absolute atomic E-state index is 0.149. The van der Waals surface area contributed by atoms with Gasteiger partial charge in [0.05, 0.1) is 28.7 Å². The van der Waals surface area contributed by atoms with E-state index in [4.69, 9.17) is 4.74 Å². The second-order valence-corrected chi connectivity index (χ2v) is 6.61. The Morgan fingerprint density at radius 1 is 0.952 bits per heavy atom. The normalized spacial score (nSPS) is 40.2. The van der Waals surface area contributed by atoms with Crippen molar-refractivity contribution < 1.29 is 14.3 Å². The van der Waals surface area contributed by atoms with Crippen LogP contribution in [0.4, 0.5) is 5.69 Å². The van der Waals surface area contributed by atoms with Gasteiger partial charge in [-0.1, -0.05) is 29.8 Å². The predicted molar refractivity (Wildman–Crippen MR) is 77.7 cm³/mol. The van der Waals surface area contributed by atoms with Crippen LogP contribution in [0.25, 0.3) is 0 Å². The summed E-state index contributed by atoms with van der Waals surface area (Å²) in [4.78, 5) is 27.0. The Morgan fingerprint density at radius 3 is 1.90 bits per heavy atom. The fourth-order valence-electron chi connectivity index (χ4n) is 3.98. The Hall–Kier alpha value is -1.94. The second-order valence-electron chi connectivity index (χ2n) is 6.61. The summed E-state index contributed by atoms with van der Waals surface area (Å²) >= 11 is 0. The lowest BCUT2D eigenvalue weighted by Gasteiger charge is -2.25. The lowest BCUT2D eigenvalue weighted by atomic mass is 9.73. The number of carbonyl (C=O) groups is 2. The van der Waals surface area contributed by atoms with E-state index in [1.165, 1.54) is 4.90 Å². The molecule has 4 rings (SSSR count). The third-order valence-electron chi connectivity index (χ3n) is 5.02. The van der Waals surface area contributed by atoms with E-state index in [2.05, 4.69) is 0 Å². The van der Waals surface area contributed by atoms with Crippen LogP contribution in [0.5, 0.6) is 0 Å². The topological polar surface area (TPSA) is 46.6 Å². The number of fused-ring (bicyclic) bond motifs is 5. The Labute approximate surface area is 123 Å². The lowest BCUT2D eigenvalue weighted by Crippen LogP contribution is -2.39. The van der Waals surface area contributed by atoms with Crippen LogP contribution >= 0.6 is 0 Å². The summed E-state index contributed by atoms with van der Waals surface area (Å²) in [6, 6.07) is 7.48. The van der Waals surface area contributed by atoms with Crippen LogP contribution in [-0.2, 0) is 14.3 Å². The van der Waals surface area contributed by atoms with E-state index < -0.39 is 23.0 Å². The van der Waals surface area contributed by atoms with E-state index in [1.54, 1.807) is 0 Å². The quantitative estimate of drug-likeness (QED) is 0.586. The zero-order valence-electron chi connectivity index (χ0n) is 12.3. The highest BCUT2D eigenvalue weighted by molar-refractivity contribution is 6.23. The first-order chi connectivity index (χ1) is 9.86. The fraction of sp³-hybridized carbons (Fsp3) is 0.412. The van der Waals surface area contributed by atoms with Gasteiger partial charge < -0.3 is 4.74 Å². The molecule has 4 nitrogen and oxygen atoms in total. The third kappa shape index (κ3) is 1.43. The highest BCUT2D eigenvalue weighted by Crippen LogP contribution is 2.57. The molecule has 108 valence electrons. The van der Waals surface area contributed by atoms with Crippen LogP contribution in [0.15, 0.2) is 36.4 Å². The Morgan fingerprint density at radius 2 is 1.43 bits per heavy atom. The van der Waals surface area contributed by atoms with Crippen molar-refractivity contribution in [2.45, 2.75) is 32.0 Å². The van der Waals surface area contributed by atoms with Crippen molar-refractivity contribution >= 4 is 17.5 Å². The fourth-order valence-corrected chi connectivity index (χ4v) is 3.98. The molecule has 0 radical (unpaired) electrons. The van der Waals surface area contributed by atoms with E-state index in [-0.39, 0.29) is 11.8 Å². The highest BCUT2D eigenvalue weighted by Gasteiger charge is 2.70. The number of imide groups is 1. The molecule has 1 aromatic rings. The number of rotatable bonds is 1. The van der Waals surface area contributed by atoms with Crippen molar-refractivity contribution in [2.24, 2.45) is 11.8 Å². The number of benzene rings is 1. The molecule has 0 spiro atoms. The van der Waals surface area contributed by atoms with Crippen molar-refractivity contribution in [2.75, 3.05) is 4.90 Å². The largest absolute Gasteiger partial charge is 0.359 e.